The summed E-state index contributed by atoms with van der Waals surface area (Å²) in [5.74, 6) is -0.0541. The van der Waals surface area contributed by atoms with Crippen LogP contribution >= 0.6 is 15.9 Å². The fraction of sp³-hybridized carbons (Fsp3) is 0.125. The van der Waals surface area contributed by atoms with Crippen molar-refractivity contribution in [3.05, 3.63) is 64.1 Å². The summed E-state index contributed by atoms with van der Waals surface area (Å²) in [6.07, 6.45) is 0.202. The van der Waals surface area contributed by atoms with Gasteiger partial charge in [0, 0.05) is 5.56 Å². The average molecular weight is 363 g/mol. The van der Waals surface area contributed by atoms with Crippen LogP contribution in [0.25, 0.3) is 0 Å². The fourth-order valence-corrected chi connectivity index (χ4v) is 2.37. The smallest absolute Gasteiger partial charge is 0.269 e. The Kier molecular flexibility index (Phi) is 5.55. The molecule has 0 aromatic heterocycles. The lowest BCUT2D eigenvalue weighted by Crippen LogP contribution is -2.42. The molecule has 0 unspecified atom stereocenters. The van der Waals surface area contributed by atoms with Gasteiger partial charge in [-0.15, -0.1) is 0 Å². The molecule has 5 nitrogen and oxygen atoms in total. The van der Waals surface area contributed by atoms with Gasteiger partial charge in [-0.25, -0.2) is 0 Å². The first-order chi connectivity index (χ1) is 10.6. The average Bonchev–Trinajstić information content (AvgIpc) is 2.53. The zero-order chi connectivity index (χ0) is 15.9. The number of hydrazine groups is 1. The fourth-order valence-electron chi connectivity index (χ4n) is 1.83. The minimum absolute atomic E-state index is 0.202. The molecule has 0 aliphatic heterocycles. The van der Waals surface area contributed by atoms with Crippen molar-refractivity contribution in [3.8, 4) is 5.75 Å². The standard InChI is InChI=1S/C16H15BrN2O3/c1-22-14-8-7-12(10-13(14)17)16(21)19-18-15(20)9-11-5-3-2-4-6-11/h2-8,10H,9H2,1H3,(H,18,20)(H,19,21). The van der Waals surface area contributed by atoms with Crippen molar-refractivity contribution in [1.82, 2.24) is 10.9 Å². The molecule has 2 amide bonds. The number of amides is 2. The lowest BCUT2D eigenvalue weighted by atomic mass is 10.1. The molecule has 6 heteroatoms. The van der Waals surface area contributed by atoms with Crippen molar-refractivity contribution in [1.29, 1.82) is 0 Å². The van der Waals surface area contributed by atoms with E-state index in [-0.39, 0.29) is 12.3 Å². The monoisotopic (exact) mass is 362 g/mol. The van der Waals surface area contributed by atoms with Gasteiger partial charge in [0.15, 0.2) is 0 Å². The molecule has 2 N–H and O–H groups in total. The Morgan fingerprint density at radius 2 is 1.82 bits per heavy atom. The van der Waals surface area contributed by atoms with Crippen LogP contribution in [0.15, 0.2) is 53.0 Å². The van der Waals surface area contributed by atoms with Gasteiger partial charge in [-0.05, 0) is 39.7 Å². The third-order valence-electron chi connectivity index (χ3n) is 2.94. The van der Waals surface area contributed by atoms with Crippen LogP contribution in [-0.4, -0.2) is 18.9 Å². The zero-order valence-electron chi connectivity index (χ0n) is 11.9. The van der Waals surface area contributed by atoms with Gasteiger partial charge in [-0.3, -0.25) is 20.4 Å². The van der Waals surface area contributed by atoms with Gasteiger partial charge in [0.2, 0.25) is 5.91 Å². The van der Waals surface area contributed by atoms with Crippen LogP contribution in [0, 0.1) is 0 Å². The number of methoxy groups -OCH3 is 1. The molecule has 0 fully saturated rings. The lowest BCUT2D eigenvalue weighted by molar-refractivity contribution is -0.121. The number of benzene rings is 2. The second-order valence-electron chi connectivity index (χ2n) is 4.51. The first kappa shape index (κ1) is 16.0. The van der Waals surface area contributed by atoms with Crippen LogP contribution in [0.1, 0.15) is 15.9 Å². The molecule has 2 aromatic rings. The number of carbonyl (C=O) groups is 2. The first-order valence-corrected chi connectivity index (χ1v) is 7.36. The highest BCUT2D eigenvalue weighted by Crippen LogP contribution is 2.25. The Morgan fingerprint density at radius 1 is 1.09 bits per heavy atom. The van der Waals surface area contributed by atoms with E-state index in [1.807, 2.05) is 30.3 Å². The molecule has 0 saturated carbocycles. The van der Waals surface area contributed by atoms with E-state index in [4.69, 9.17) is 4.74 Å². The van der Waals surface area contributed by atoms with E-state index >= 15 is 0 Å². The molecule has 0 saturated heterocycles. The van der Waals surface area contributed by atoms with Gasteiger partial charge in [0.1, 0.15) is 5.75 Å². The van der Waals surface area contributed by atoms with Crippen LogP contribution < -0.4 is 15.6 Å². The first-order valence-electron chi connectivity index (χ1n) is 6.57. The normalized spacial score (nSPS) is 9.91. The topological polar surface area (TPSA) is 67.4 Å². The largest absolute Gasteiger partial charge is 0.496 e. The van der Waals surface area contributed by atoms with Crippen molar-refractivity contribution in [2.45, 2.75) is 6.42 Å². The van der Waals surface area contributed by atoms with Crippen LogP contribution in [0.5, 0.6) is 5.75 Å². The Balaban J connectivity index is 1.89. The number of ether oxygens (including phenoxy) is 1. The van der Waals surface area contributed by atoms with Gasteiger partial charge in [-0.1, -0.05) is 30.3 Å². The van der Waals surface area contributed by atoms with Gasteiger partial charge in [-0.2, -0.15) is 0 Å². The predicted octanol–water partition coefficient (Wildman–Crippen LogP) is 2.46. The molecule has 0 aliphatic carbocycles. The third-order valence-corrected chi connectivity index (χ3v) is 3.56. The summed E-state index contributed by atoms with van der Waals surface area (Å²) >= 11 is 3.31. The van der Waals surface area contributed by atoms with Gasteiger partial charge < -0.3 is 4.74 Å². The molecule has 114 valence electrons. The number of hydrogen-bond donors (Lipinski definition) is 2. The van der Waals surface area contributed by atoms with Gasteiger partial charge >= 0.3 is 0 Å². The van der Waals surface area contributed by atoms with E-state index < -0.39 is 5.91 Å². The third kappa shape index (κ3) is 4.33. The molecule has 0 radical (unpaired) electrons. The summed E-state index contributed by atoms with van der Waals surface area (Å²) < 4.78 is 5.76. The lowest BCUT2D eigenvalue weighted by Gasteiger charge is -2.09. The van der Waals surface area contributed by atoms with Crippen molar-refractivity contribution in [2.24, 2.45) is 0 Å². The minimum Gasteiger partial charge on any atom is -0.496 e. The zero-order valence-corrected chi connectivity index (χ0v) is 13.5. The van der Waals surface area contributed by atoms with Gasteiger partial charge in [0.25, 0.3) is 5.91 Å². The Bertz CT molecular complexity index is 674. The molecule has 0 aliphatic rings. The quantitative estimate of drug-likeness (QED) is 0.821. The maximum atomic E-state index is 12.0. The van der Waals surface area contributed by atoms with Crippen LogP contribution in [0.3, 0.4) is 0 Å². The highest BCUT2D eigenvalue weighted by molar-refractivity contribution is 9.10. The number of rotatable bonds is 4. The van der Waals surface area contributed by atoms with E-state index in [1.165, 1.54) is 0 Å². The van der Waals surface area contributed by atoms with E-state index in [2.05, 4.69) is 26.8 Å². The van der Waals surface area contributed by atoms with Crippen molar-refractivity contribution in [3.63, 3.8) is 0 Å². The highest BCUT2D eigenvalue weighted by atomic mass is 79.9. The summed E-state index contributed by atoms with van der Waals surface area (Å²) in [5, 5.41) is 0. The summed E-state index contributed by atoms with van der Waals surface area (Å²) in [4.78, 5) is 23.7. The van der Waals surface area contributed by atoms with Crippen molar-refractivity contribution >= 4 is 27.7 Å². The number of hydrogen-bond acceptors (Lipinski definition) is 3. The minimum atomic E-state index is -0.398. The second-order valence-corrected chi connectivity index (χ2v) is 5.37. The van der Waals surface area contributed by atoms with Gasteiger partial charge in [0.05, 0.1) is 18.0 Å². The van der Waals surface area contributed by atoms with Crippen LogP contribution in [0.2, 0.25) is 0 Å². The van der Waals surface area contributed by atoms with Crippen LogP contribution in [-0.2, 0) is 11.2 Å². The molecule has 0 bridgehead atoms. The maximum Gasteiger partial charge on any atom is 0.269 e. The Labute approximate surface area is 136 Å². The maximum absolute atomic E-state index is 12.0. The highest BCUT2D eigenvalue weighted by Gasteiger charge is 2.10. The second kappa shape index (κ2) is 7.61. The number of nitrogens with one attached hydrogen (secondary N) is 2. The number of halogens is 1. The molecule has 22 heavy (non-hydrogen) atoms. The molecular weight excluding hydrogens is 348 g/mol. The van der Waals surface area contributed by atoms with Crippen molar-refractivity contribution in [2.75, 3.05) is 7.11 Å². The predicted molar refractivity (Wildman–Crippen MR) is 86.4 cm³/mol. The summed E-state index contributed by atoms with van der Waals surface area (Å²) in [5.41, 5.74) is 6.06. The molecular formula is C16H15BrN2O3. The van der Waals surface area contributed by atoms with E-state index in [1.54, 1.807) is 25.3 Å². The number of carbonyl (C=O) groups excluding carboxylic acids is 2. The Hall–Kier alpha value is -2.34. The molecule has 0 atom stereocenters. The van der Waals surface area contributed by atoms with Crippen molar-refractivity contribution < 1.29 is 14.3 Å². The summed E-state index contributed by atoms with van der Waals surface area (Å²) in [6.45, 7) is 0. The van der Waals surface area contributed by atoms with E-state index in [9.17, 15) is 9.59 Å². The van der Waals surface area contributed by atoms with E-state index in [0.717, 1.165) is 5.56 Å². The van der Waals surface area contributed by atoms with E-state index in [0.29, 0.717) is 15.8 Å². The SMILES string of the molecule is COc1ccc(C(=O)NNC(=O)Cc2ccccc2)cc1Br. The van der Waals surface area contributed by atoms with Crippen LogP contribution in [0.4, 0.5) is 0 Å². The Morgan fingerprint density at radius 3 is 2.45 bits per heavy atom. The summed E-state index contributed by atoms with van der Waals surface area (Å²) in [6, 6.07) is 14.2. The molecule has 2 rings (SSSR count). The molecule has 0 heterocycles. The molecule has 2 aromatic carbocycles. The summed E-state index contributed by atoms with van der Waals surface area (Å²) in [7, 11) is 1.55. The molecule has 0 spiro atoms.